The molecular formula is C12H23N3O2S2. The van der Waals surface area contributed by atoms with Crippen LogP contribution in [0.1, 0.15) is 18.7 Å². The summed E-state index contributed by atoms with van der Waals surface area (Å²) in [7, 11) is 0.455. The maximum atomic E-state index is 12.0. The Morgan fingerprint density at radius 3 is 2.63 bits per heavy atom. The van der Waals surface area contributed by atoms with Crippen LogP contribution in [-0.4, -0.2) is 46.5 Å². The summed E-state index contributed by atoms with van der Waals surface area (Å²) in [5.74, 6) is 0. The van der Waals surface area contributed by atoms with Gasteiger partial charge in [-0.15, -0.1) is 11.3 Å². The van der Waals surface area contributed by atoms with Gasteiger partial charge in [0.2, 0.25) is 10.0 Å². The summed E-state index contributed by atoms with van der Waals surface area (Å²) in [4.78, 5) is 3.33. The molecule has 0 amide bonds. The Hall–Kier alpha value is -0.470. The highest BCUT2D eigenvalue weighted by atomic mass is 32.2. The first-order valence-corrected chi connectivity index (χ1v) is 8.62. The maximum Gasteiger partial charge on any atom is 0.241 e. The van der Waals surface area contributed by atoms with Crippen molar-refractivity contribution in [2.75, 3.05) is 27.2 Å². The van der Waals surface area contributed by atoms with Gasteiger partial charge in [-0.3, -0.25) is 0 Å². The number of hydrogen-bond acceptors (Lipinski definition) is 5. The number of sulfonamides is 1. The van der Waals surface area contributed by atoms with Gasteiger partial charge in [0.05, 0.1) is 4.90 Å². The van der Waals surface area contributed by atoms with Gasteiger partial charge < -0.3 is 10.2 Å². The zero-order valence-corrected chi connectivity index (χ0v) is 13.6. The smallest absolute Gasteiger partial charge is 0.241 e. The van der Waals surface area contributed by atoms with E-state index in [1.165, 1.54) is 11.3 Å². The van der Waals surface area contributed by atoms with Crippen LogP contribution in [0.5, 0.6) is 0 Å². The molecule has 19 heavy (non-hydrogen) atoms. The van der Waals surface area contributed by atoms with E-state index < -0.39 is 10.0 Å². The summed E-state index contributed by atoms with van der Waals surface area (Å²) in [6.45, 7) is 5.94. The molecule has 2 N–H and O–H groups in total. The van der Waals surface area contributed by atoms with Gasteiger partial charge in [-0.25, -0.2) is 13.1 Å². The van der Waals surface area contributed by atoms with Gasteiger partial charge in [0.1, 0.15) is 0 Å². The van der Waals surface area contributed by atoms with Crippen molar-refractivity contribution in [3.63, 3.8) is 0 Å². The summed E-state index contributed by atoms with van der Waals surface area (Å²) in [6.07, 6.45) is 0. The van der Waals surface area contributed by atoms with Crippen LogP contribution in [0.15, 0.2) is 16.3 Å². The van der Waals surface area contributed by atoms with Crippen LogP contribution in [0, 0.1) is 0 Å². The molecular weight excluding hydrogens is 282 g/mol. The Kier molecular flexibility index (Phi) is 6.41. The normalized spacial score (nSPS) is 12.5. The summed E-state index contributed by atoms with van der Waals surface area (Å²) in [5.41, 5.74) is 0. The minimum Gasteiger partial charge on any atom is -0.310 e. The molecule has 1 rings (SSSR count). The van der Waals surface area contributed by atoms with Crippen molar-refractivity contribution in [1.82, 2.24) is 14.9 Å². The molecule has 1 aromatic rings. The van der Waals surface area contributed by atoms with Crippen LogP contribution in [0.3, 0.4) is 0 Å². The van der Waals surface area contributed by atoms with Gasteiger partial charge in [-0.2, -0.15) is 0 Å². The lowest BCUT2D eigenvalue weighted by molar-refractivity contribution is 0.412. The van der Waals surface area contributed by atoms with E-state index in [-0.39, 0.29) is 0 Å². The van der Waals surface area contributed by atoms with E-state index in [4.69, 9.17) is 0 Å². The number of nitrogens with zero attached hydrogens (tertiary/aromatic N) is 1. The molecule has 0 radical (unpaired) electrons. The molecule has 0 saturated heterocycles. The highest BCUT2D eigenvalue weighted by Crippen LogP contribution is 2.19. The molecule has 0 aromatic carbocycles. The Morgan fingerprint density at radius 2 is 2.05 bits per heavy atom. The zero-order valence-electron chi connectivity index (χ0n) is 11.9. The number of likely N-dealkylation sites (N-methyl/N-ethyl adjacent to an activating group) is 1. The van der Waals surface area contributed by atoms with Crippen molar-refractivity contribution in [1.29, 1.82) is 0 Å². The minimum atomic E-state index is -3.37. The number of nitrogens with one attached hydrogen (secondary N) is 2. The Morgan fingerprint density at radius 1 is 1.37 bits per heavy atom. The van der Waals surface area contributed by atoms with Crippen LogP contribution in [-0.2, 0) is 16.6 Å². The zero-order chi connectivity index (χ0) is 14.5. The summed E-state index contributed by atoms with van der Waals surface area (Å²) in [6, 6.07) is 2.12. The lowest BCUT2D eigenvalue weighted by atomic mass is 10.4. The van der Waals surface area contributed by atoms with Crippen molar-refractivity contribution in [2.24, 2.45) is 0 Å². The van der Waals surface area contributed by atoms with Gasteiger partial charge >= 0.3 is 0 Å². The number of hydrogen-bond donors (Lipinski definition) is 2. The van der Waals surface area contributed by atoms with Crippen LogP contribution in [0.25, 0.3) is 0 Å². The van der Waals surface area contributed by atoms with Crippen molar-refractivity contribution >= 4 is 21.4 Å². The fourth-order valence-electron chi connectivity index (χ4n) is 1.39. The van der Waals surface area contributed by atoms with Crippen LogP contribution in [0.4, 0.5) is 0 Å². The molecule has 0 aliphatic heterocycles. The predicted octanol–water partition coefficient (Wildman–Crippen LogP) is 1.09. The summed E-state index contributed by atoms with van der Waals surface area (Å²) in [5, 5.41) is 4.96. The average Bonchev–Trinajstić information content (AvgIpc) is 2.74. The second-order valence-electron chi connectivity index (χ2n) is 4.99. The molecule has 1 aromatic heterocycles. The van der Waals surface area contributed by atoms with Crippen molar-refractivity contribution in [3.05, 3.63) is 16.3 Å². The predicted molar refractivity (Wildman–Crippen MR) is 80.0 cm³/mol. The molecule has 0 atom stereocenters. The van der Waals surface area contributed by atoms with E-state index in [2.05, 4.69) is 23.9 Å². The molecule has 0 fully saturated rings. The van der Waals surface area contributed by atoms with Gasteiger partial charge in [-0.1, -0.05) is 13.8 Å². The average molecular weight is 305 g/mol. The standard InChI is InChI=1S/C12H23N3O2S2/c1-10(2)13-8-11-7-12(9-18-11)19(16,17)14-5-6-15(3)4/h7,9-10,13-14H,5-6,8H2,1-4H3. The van der Waals surface area contributed by atoms with Crippen LogP contribution in [0.2, 0.25) is 0 Å². The molecule has 0 saturated carbocycles. The van der Waals surface area contributed by atoms with Crippen LogP contribution < -0.4 is 10.0 Å². The SMILES string of the molecule is CC(C)NCc1cc(S(=O)(=O)NCCN(C)C)cs1. The minimum absolute atomic E-state index is 0.358. The second kappa shape index (κ2) is 7.35. The second-order valence-corrected chi connectivity index (χ2v) is 7.75. The molecule has 0 bridgehead atoms. The molecule has 0 aliphatic rings. The van der Waals surface area contributed by atoms with E-state index in [1.54, 1.807) is 11.4 Å². The molecule has 0 unspecified atom stereocenters. The van der Waals surface area contributed by atoms with Crippen LogP contribution >= 0.6 is 11.3 Å². The van der Waals surface area contributed by atoms with E-state index in [0.717, 1.165) is 4.88 Å². The fourth-order valence-corrected chi connectivity index (χ4v) is 3.63. The first-order valence-electron chi connectivity index (χ1n) is 6.26. The van der Waals surface area contributed by atoms with Gasteiger partial charge in [-0.05, 0) is 20.2 Å². The third-order valence-electron chi connectivity index (χ3n) is 2.48. The monoisotopic (exact) mass is 305 g/mol. The number of thiophene rings is 1. The Bertz CT molecular complexity index is 481. The Balaban J connectivity index is 2.58. The molecule has 7 heteroatoms. The van der Waals surface area contributed by atoms with Gasteiger partial charge in [0, 0.05) is 35.9 Å². The molecule has 1 heterocycles. The molecule has 110 valence electrons. The highest BCUT2D eigenvalue weighted by Gasteiger charge is 2.15. The van der Waals surface area contributed by atoms with E-state index in [1.807, 2.05) is 19.0 Å². The topological polar surface area (TPSA) is 61.4 Å². The van der Waals surface area contributed by atoms with E-state index in [0.29, 0.717) is 30.6 Å². The molecule has 5 nitrogen and oxygen atoms in total. The van der Waals surface area contributed by atoms with E-state index >= 15 is 0 Å². The summed E-state index contributed by atoms with van der Waals surface area (Å²) < 4.78 is 26.6. The van der Waals surface area contributed by atoms with Crippen molar-refractivity contribution < 1.29 is 8.42 Å². The van der Waals surface area contributed by atoms with Gasteiger partial charge in [0.15, 0.2) is 0 Å². The molecule has 0 spiro atoms. The van der Waals surface area contributed by atoms with Crippen molar-refractivity contribution in [3.8, 4) is 0 Å². The van der Waals surface area contributed by atoms with Gasteiger partial charge in [0.25, 0.3) is 0 Å². The largest absolute Gasteiger partial charge is 0.310 e. The lowest BCUT2D eigenvalue weighted by Crippen LogP contribution is -2.31. The lowest BCUT2D eigenvalue weighted by Gasteiger charge is -2.10. The highest BCUT2D eigenvalue weighted by molar-refractivity contribution is 7.89. The van der Waals surface area contributed by atoms with E-state index in [9.17, 15) is 8.42 Å². The van der Waals surface area contributed by atoms with Crippen molar-refractivity contribution in [2.45, 2.75) is 31.3 Å². The fraction of sp³-hybridized carbons (Fsp3) is 0.667. The number of rotatable bonds is 8. The quantitative estimate of drug-likeness (QED) is 0.755. The Labute approximate surface area is 120 Å². The maximum absolute atomic E-state index is 12.0. The first kappa shape index (κ1) is 16.6. The summed E-state index contributed by atoms with van der Waals surface area (Å²) >= 11 is 1.47. The molecule has 0 aliphatic carbocycles. The first-order chi connectivity index (χ1) is 8.81. The third kappa shape index (κ3) is 6.01. The third-order valence-corrected chi connectivity index (χ3v) is 5.00.